The van der Waals surface area contributed by atoms with Gasteiger partial charge in [0.1, 0.15) is 5.82 Å². The average molecular weight is 385 g/mol. The van der Waals surface area contributed by atoms with Crippen LogP contribution in [0, 0.1) is 5.82 Å². The first kappa shape index (κ1) is 18.5. The van der Waals surface area contributed by atoms with E-state index in [4.69, 9.17) is 16.3 Å². The third kappa shape index (κ3) is 4.89. The van der Waals surface area contributed by atoms with Gasteiger partial charge in [0, 0.05) is 28.2 Å². The van der Waals surface area contributed by atoms with E-state index in [0.717, 1.165) is 22.5 Å². The topological polar surface area (TPSA) is 68.3 Å². The fourth-order valence-corrected chi connectivity index (χ4v) is 2.54. The molecule has 1 amide bonds. The normalized spacial score (nSPS) is 10.9. The molecule has 0 bridgehead atoms. The van der Waals surface area contributed by atoms with E-state index in [1.807, 2.05) is 30.3 Å². The summed E-state index contributed by atoms with van der Waals surface area (Å²) in [5.41, 5.74) is 1.45. The number of aromatic nitrogens is 1. The van der Waals surface area contributed by atoms with Crippen LogP contribution in [0.5, 0.6) is 0 Å². The highest BCUT2D eigenvalue weighted by atomic mass is 35.5. The van der Waals surface area contributed by atoms with E-state index in [9.17, 15) is 14.0 Å². The first-order valence-corrected chi connectivity index (χ1v) is 8.34. The molecule has 2 aromatic carbocycles. The first-order chi connectivity index (χ1) is 13.0. The number of amides is 1. The zero-order valence-electron chi connectivity index (χ0n) is 14.0. The summed E-state index contributed by atoms with van der Waals surface area (Å²) in [5, 5.41) is 3.46. The van der Waals surface area contributed by atoms with E-state index in [1.54, 1.807) is 12.3 Å². The zero-order valence-corrected chi connectivity index (χ0v) is 14.7. The molecular formula is C20H14ClFN2O3. The molecule has 7 heteroatoms. The van der Waals surface area contributed by atoms with Gasteiger partial charge in [-0.25, -0.2) is 9.18 Å². The molecule has 0 saturated heterocycles. The maximum Gasteiger partial charge on any atom is 0.331 e. The molecule has 0 fully saturated rings. The van der Waals surface area contributed by atoms with E-state index in [1.165, 1.54) is 18.2 Å². The van der Waals surface area contributed by atoms with Crippen LogP contribution in [0.25, 0.3) is 17.0 Å². The molecule has 0 aliphatic rings. The summed E-state index contributed by atoms with van der Waals surface area (Å²) in [6.07, 6.45) is 4.44. The number of benzene rings is 2. The van der Waals surface area contributed by atoms with Crippen molar-refractivity contribution in [3.63, 3.8) is 0 Å². The lowest BCUT2D eigenvalue weighted by molar-refractivity contribution is -0.142. The lowest BCUT2D eigenvalue weighted by Crippen LogP contribution is -2.20. The summed E-state index contributed by atoms with van der Waals surface area (Å²) in [7, 11) is 0. The molecule has 1 N–H and O–H groups in total. The molecule has 136 valence electrons. The Labute approximate surface area is 159 Å². The minimum Gasteiger partial charge on any atom is -0.452 e. The molecule has 0 aliphatic heterocycles. The number of carbonyl (C=O) groups is 2. The van der Waals surface area contributed by atoms with Gasteiger partial charge in [-0.3, -0.25) is 9.78 Å². The monoisotopic (exact) mass is 384 g/mol. The lowest BCUT2D eigenvalue weighted by atomic mass is 10.1. The molecule has 0 saturated carbocycles. The second-order valence-corrected chi connectivity index (χ2v) is 5.97. The van der Waals surface area contributed by atoms with Gasteiger partial charge in [0.2, 0.25) is 0 Å². The van der Waals surface area contributed by atoms with E-state index in [2.05, 4.69) is 10.3 Å². The smallest absolute Gasteiger partial charge is 0.331 e. The van der Waals surface area contributed by atoms with Crippen molar-refractivity contribution in [1.29, 1.82) is 0 Å². The van der Waals surface area contributed by atoms with Gasteiger partial charge in [0.15, 0.2) is 6.61 Å². The molecule has 0 atom stereocenters. The van der Waals surface area contributed by atoms with E-state index < -0.39 is 24.3 Å². The van der Waals surface area contributed by atoms with Crippen LogP contribution in [-0.2, 0) is 14.3 Å². The summed E-state index contributed by atoms with van der Waals surface area (Å²) in [5.74, 6) is -2.04. The number of anilines is 1. The Morgan fingerprint density at radius 3 is 2.81 bits per heavy atom. The van der Waals surface area contributed by atoms with Crippen molar-refractivity contribution in [2.75, 3.05) is 11.9 Å². The molecule has 1 heterocycles. The number of hydrogen-bond donors (Lipinski definition) is 1. The van der Waals surface area contributed by atoms with Crippen molar-refractivity contribution < 1.29 is 18.7 Å². The van der Waals surface area contributed by atoms with Gasteiger partial charge in [0.05, 0.1) is 11.2 Å². The number of esters is 1. The number of rotatable bonds is 5. The molecule has 0 aliphatic carbocycles. The second kappa shape index (κ2) is 8.42. The predicted molar refractivity (Wildman–Crippen MR) is 102 cm³/mol. The number of nitrogens with one attached hydrogen (secondary N) is 1. The number of ether oxygens (including phenoxy) is 1. The molecule has 0 radical (unpaired) electrons. The number of para-hydroxylation sites is 1. The number of halogens is 2. The Morgan fingerprint density at radius 2 is 2.00 bits per heavy atom. The molecule has 3 aromatic rings. The summed E-state index contributed by atoms with van der Waals surface area (Å²) in [6, 6.07) is 13.2. The van der Waals surface area contributed by atoms with E-state index in [0.29, 0.717) is 0 Å². The van der Waals surface area contributed by atoms with E-state index in [-0.39, 0.29) is 10.7 Å². The minimum absolute atomic E-state index is 0.0437. The summed E-state index contributed by atoms with van der Waals surface area (Å²) in [4.78, 5) is 27.9. The molecule has 3 rings (SSSR count). The molecule has 0 unspecified atom stereocenters. The fourth-order valence-electron chi connectivity index (χ4n) is 2.38. The Morgan fingerprint density at radius 1 is 1.19 bits per heavy atom. The molecular weight excluding hydrogens is 371 g/mol. The van der Waals surface area contributed by atoms with Crippen LogP contribution in [0.1, 0.15) is 5.56 Å². The molecule has 1 aromatic heterocycles. The SMILES string of the molecule is O=C(COC(=O)/C=C/c1cccc2cccnc12)Nc1ccc(Cl)cc1F. The lowest BCUT2D eigenvalue weighted by Gasteiger charge is -2.06. The quantitative estimate of drug-likeness (QED) is 0.528. The number of pyridine rings is 1. The minimum atomic E-state index is -0.699. The van der Waals surface area contributed by atoms with Crippen LogP contribution in [0.3, 0.4) is 0 Å². The molecule has 5 nitrogen and oxygen atoms in total. The second-order valence-electron chi connectivity index (χ2n) is 5.54. The van der Waals surface area contributed by atoms with Crippen molar-refractivity contribution in [3.8, 4) is 0 Å². The van der Waals surface area contributed by atoms with E-state index >= 15 is 0 Å². The Kier molecular flexibility index (Phi) is 5.78. The number of fused-ring (bicyclic) bond motifs is 1. The van der Waals surface area contributed by atoms with Crippen molar-refractivity contribution in [3.05, 3.63) is 77.2 Å². The highest BCUT2D eigenvalue weighted by molar-refractivity contribution is 6.30. The summed E-state index contributed by atoms with van der Waals surface area (Å²) < 4.78 is 18.5. The van der Waals surface area contributed by atoms with Crippen LogP contribution < -0.4 is 5.32 Å². The zero-order chi connectivity index (χ0) is 19.2. The van der Waals surface area contributed by atoms with Crippen LogP contribution in [0.2, 0.25) is 5.02 Å². The predicted octanol–water partition coefficient (Wildman–Crippen LogP) is 4.22. The summed E-state index contributed by atoms with van der Waals surface area (Å²) >= 11 is 5.64. The van der Waals surface area contributed by atoms with Crippen LogP contribution in [-0.4, -0.2) is 23.5 Å². The first-order valence-electron chi connectivity index (χ1n) is 7.96. The van der Waals surface area contributed by atoms with Crippen LogP contribution >= 0.6 is 11.6 Å². The Bertz CT molecular complexity index is 1030. The van der Waals surface area contributed by atoms with Crippen molar-refractivity contribution in [2.45, 2.75) is 0 Å². The van der Waals surface area contributed by atoms with Gasteiger partial charge in [-0.05, 0) is 30.3 Å². The maximum atomic E-state index is 13.6. The Hall–Kier alpha value is -3.25. The largest absolute Gasteiger partial charge is 0.452 e. The van der Waals surface area contributed by atoms with Crippen molar-refractivity contribution in [1.82, 2.24) is 4.98 Å². The number of carbonyl (C=O) groups excluding carboxylic acids is 2. The standard InChI is InChI=1S/C20H14ClFN2O3/c21-15-7-8-17(16(22)11-15)24-18(25)12-27-19(26)9-6-14-4-1-3-13-5-2-10-23-20(13)14/h1-11H,12H2,(H,24,25)/b9-6+. The van der Waals surface area contributed by atoms with Crippen molar-refractivity contribution in [2.24, 2.45) is 0 Å². The third-order valence-corrected chi connectivity index (χ3v) is 3.85. The van der Waals surface area contributed by atoms with Gasteiger partial charge in [-0.2, -0.15) is 0 Å². The highest BCUT2D eigenvalue weighted by Gasteiger charge is 2.09. The number of nitrogens with zero attached hydrogens (tertiary/aromatic N) is 1. The van der Waals surface area contributed by atoms with Crippen LogP contribution in [0.4, 0.5) is 10.1 Å². The summed E-state index contributed by atoms with van der Waals surface area (Å²) in [6.45, 7) is -0.543. The van der Waals surface area contributed by atoms with Crippen molar-refractivity contribution >= 4 is 46.1 Å². The van der Waals surface area contributed by atoms with Gasteiger partial charge in [0.25, 0.3) is 5.91 Å². The van der Waals surface area contributed by atoms with Gasteiger partial charge in [-0.1, -0.05) is 35.9 Å². The maximum absolute atomic E-state index is 13.6. The number of hydrogen-bond acceptors (Lipinski definition) is 4. The molecule has 27 heavy (non-hydrogen) atoms. The van der Waals surface area contributed by atoms with Gasteiger partial charge in [-0.15, -0.1) is 0 Å². The Balaban J connectivity index is 1.57. The average Bonchev–Trinajstić information content (AvgIpc) is 2.67. The van der Waals surface area contributed by atoms with Gasteiger partial charge >= 0.3 is 5.97 Å². The van der Waals surface area contributed by atoms with Gasteiger partial charge < -0.3 is 10.1 Å². The fraction of sp³-hybridized carbons (Fsp3) is 0.0500. The van der Waals surface area contributed by atoms with Crippen LogP contribution in [0.15, 0.2) is 60.8 Å². The highest BCUT2D eigenvalue weighted by Crippen LogP contribution is 2.19. The molecule has 0 spiro atoms. The third-order valence-electron chi connectivity index (χ3n) is 3.61.